The third-order valence-corrected chi connectivity index (χ3v) is 2.41. The zero-order valence-electron chi connectivity index (χ0n) is 9.07. The molecule has 0 aromatic rings. The molecule has 0 aromatic heterocycles. The van der Waals surface area contributed by atoms with Crippen LogP contribution >= 0.6 is 0 Å². The second-order valence-electron chi connectivity index (χ2n) is 3.25. The average molecular weight is 301 g/mol. The van der Waals surface area contributed by atoms with Crippen molar-refractivity contribution in [3.8, 4) is 0 Å². The van der Waals surface area contributed by atoms with E-state index in [0.717, 1.165) is 44.7 Å². The molecule has 2 nitrogen and oxygen atoms in total. The molecule has 0 aliphatic rings. The molecule has 0 aromatic carbocycles. The van der Waals surface area contributed by atoms with Crippen LogP contribution in [0.2, 0.25) is 0 Å². The summed E-state index contributed by atoms with van der Waals surface area (Å²) >= 11 is 1.43. The SMILES string of the molecule is C=[C]([Sn])CCNC(=C)CCOCCC. The van der Waals surface area contributed by atoms with Gasteiger partial charge in [0.1, 0.15) is 0 Å². The Labute approximate surface area is 101 Å². The van der Waals surface area contributed by atoms with Gasteiger partial charge in [-0.15, -0.1) is 0 Å². The van der Waals surface area contributed by atoms with E-state index in [1.54, 1.807) is 0 Å². The van der Waals surface area contributed by atoms with Crippen molar-refractivity contribution >= 4 is 22.5 Å². The fourth-order valence-corrected chi connectivity index (χ4v) is 1.28. The Morgan fingerprint density at radius 3 is 2.57 bits per heavy atom. The molecule has 1 N–H and O–H groups in total. The van der Waals surface area contributed by atoms with Gasteiger partial charge in [-0.25, -0.2) is 0 Å². The molecule has 0 amide bonds. The molecule has 0 aliphatic heterocycles. The van der Waals surface area contributed by atoms with Crippen LogP contribution in [0.5, 0.6) is 0 Å². The fraction of sp³-hybridized carbons (Fsp3) is 0.636. The quantitative estimate of drug-likeness (QED) is 0.519. The summed E-state index contributed by atoms with van der Waals surface area (Å²) in [5.41, 5.74) is 1.07. The van der Waals surface area contributed by atoms with Gasteiger partial charge in [-0.3, -0.25) is 0 Å². The number of ether oxygens (including phenoxy) is 1. The molecule has 0 aliphatic carbocycles. The first-order valence-electron chi connectivity index (χ1n) is 5.05. The monoisotopic (exact) mass is 302 g/mol. The van der Waals surface area contributed by atoms with E-state index in [9.17, 15) is 0 Å². The van der Waals surface area contributed by atoms with Crippen molar-refractivity contribution < 1.29 is 4.74 Å². The first kappa shape index (κ1) is 14.0. The summed E-state index contributed by atoms with van der Waals surface area (Å²) in [5.74, 6) is 0. The zero-order valence-corrected chi connectivity index (χ0v) is 11.9. The van der Waals surface area contributed by atoms with Gasteiger partial charge in [-0.1, -0.05) is 0 Å². The Morgan fingerprint density at radius 1 is 1.29 bits per heavy atom. The van der Waals surface area contributed by atoms with Crippen LogP contribution in [0.25, 0.3) is 0 Å². The Balaban J connectivity index is 3.24. The summed E-state index contributed by atoms with van der Waals surface area (Å²) in [7, 11) is 0. The van der Waals surface area contributed by atoms with E-state index >= 15 is 0 Å². The van der Waals surface area contributed by atoms with E-state index in [0.29, 0.717) is 0 Å². The Hall–Kier alpha value is 0.0387. The van der Waals surface area contributed by atoms with E-state index in [1.165, 1.54) is 26.1 Å². The van der Waals surface area contributed by atoms with Crippen LogP contribution in [0, 0.1) is 0 Å². The Kier molecular flexibility index (Phi) is 9.61. The number of hydrogen-bond donors (Lipinski definition) is 1. The van der Waals surface area contributed by atoms with Gasteiger partial charge < -0.3 is 0 Å². The zero-order chi connectivity index (χ0) is 10.8. The molecule has 0 unspecified atom stereocenters. The second-order valence-corrected chi connectivity index (χ2v) is 5.26. The van der Waals surface area contributed by atoms with Crippen molar-refractivity contribution in [2.75, 3.05) is 19.8 Å². The molecule has 0 rings (SSSR count). The number of hydrogen-bond acceptors (Lipinski definition) is 2. The molecular formula is C11H20NOSn. The van der Waals surface area contributed by atoms with Crippen LogP contribution in [0.1, 0.15) is 26.2 Å². The minimum atomic E-state index is 0.776. The maximum atomic E-state index is 5.37. The van der Waals surface area contributed by atoms with Crippen molar-refractivity contribution in [3.05, 3.63) is 22.4 Å². The summed E-state index contributed by atoms with van der Waals surface area (Å²) in [6.45, 7) is 12.5. The van der Waals surface area contributed by atoms with Crippen LogP contribution in [-0.2, 0) is 4.74 Å². The van der Waals surface area contributed by atoms with Gasteiger partial charge >= 0.3 is 101 Å². The molecule has 0 saturated heterocycles. The van der Waals surface area contributed by atoms with Crippen LogP contribution in [0.3, 0.4) is 0 Å². The molecule has 14 heavy (non-hydrogen) atoms. The standard InChI is InChI=1S/C11H20NO.Sn/c1-4-6-8-12-11(3)7-10-13-9-5-2;/h12H,1,3,5-10H2,2H3;. The van der Waals surface area contributed by atoms with E-state index in [4.69, 9.17) is 4.74 Å². The molecule has 0 atom stereocenters. The molecule has 0 heterocycles. The predicted molar refractivity (Wildman–Crippen MR) is 62.4 cm³/mol. The van der Waals surface area contributed by atoms with Gasteiger partial charge in [0.2, 0.25) is 0 Å². The summed E-state index contributed by atoms with van der Waals surface area (Å²) in [6.07, 6.45) is 3.04. The van der Waals surface area contributed by atoms with Crippen molar-refractivity contribution in [3.63, 3.8) is 0 Å². The summed E-state index contributed by atoms with van der Waals surface area (Å²) in [4.78, 5) is 0. The Morgan fingerprint density at radius 2 is 2.00 bits per heavy atom. The third-order valence-electron chi connectivity index (χ3n) is 1.70. The van der Waals surface area contributed by atoms with Crippen molar-refractivity contribution in [2.45, 2.75) is 26.2 Å². The summed E-state index contributed by atoms with van der Waals surface area (Å²) in [5, 5.41) is 3.27. The van der Waals surface area contributed by atoms with Crippen molar-refractivity contribution in [2.24, 2.45) is 0 Å². The van der Waals surface area contributed by atoms with Gasteiger partial charge in [0, 0.05) is 0 Å². The first-order chi connectivity index (χ1) is 6.66. The predicted octanol–water partition coefficient (Wildman–Crippen LogP) is 1.98. The normalized spacial score (nSPS) is 9.86. The molecular weight excluding hydrogens is 281 g/mol. The molecule has 0 spiro atoms. The van der Waals surface area contributed by atoms with Gasteiger partial charge in [0.25, 0.3) is 0 Å². The fourth-order valence-electron chi connectivity index (χ4n) is 0.920. The first-order valence-corrected chi connectivity index (χ1v) is 6.48. The van der Waals surface area contributed by atoms with E-state index in [1.807, 2.05) is 0 Å². The van der Waals surface area contributed by atoms with Crippen LogP contribution in [0.4, 0.5) is 0 Å². The number of rotatable bonds is 9. The third kappa shape index (κ3) is 10.1. The van der Waals surface area contributed by atoms with Gasteiger partial charge in [0.05, 0.1) is 0 Å². The summed E-state index contributed by atoms with van der Waals surface area (Å²) in [6, 6.07) is 0. The van der Waals surface area contributed by atoms with Crippen LogP contribution in [-0.4, -0.2) is 42.3 Å². The van der Waals surface area contributed by atoms with E-state index < -0.39 is 0 Å². The Bertz CT molecular complexity index is 180. The van der Waals surface area contributed by atoms with Crippen LogP contribution in [0.15, 0.2) is 22.4 Å². The van der Waals surface area contributed by atoms with E-state index in [2.05, 4.69) is 25.4 Å². The van der Waals surface area contributed by atoms with Gasteiger partial charge in [-0.2, -0.15) is 0 Å². The van der Waals surface area contributed by atoms with Crippen molar-refractivity contribution in [1.82, 2.24) is 5.32 Å². The molecule has 3 heteroatoms. The molecule has 0 saturated carbocycles. The van der Waals surface area contributed by atoms with Gasteiger partial charge in [0.15, 0.2) is 0 Å². The minimum absolute atomic E-state index is 0.776. The summed E-state index contributed by atoms with van der Waals surface area (Å²) < 4.78 is 6.66. The molecule has 79 valence electrons. The van der Waals surface area contributed by atoms with Crippen molar-refractivity contribution in [1.29, 1.82) is 0 Å². The maximum absolute atomic E-state index is 5.37. The van der Waals surface area contributed by atoms with Crippen LogP contribution < -0.4 is 5.32 Å². The molecule has 0 fully saturated rings. The second kappa shape index (κ2) is 9.59. The average Bonchev–Trinajstić information content (AvgIpc) is 2.12. The molecule has 0 bridgehead atoms. The van der Waals surface area contributed by atoms with E-state index in [-0.39, 0.29) is 0 Å². The number of nitrogens with one attached hydrogen (secondary N) is 1. The molecule has 3 radical (unpaired) electrons. The topological polar surface area (TPSA) is 21.3 Å². The van der Waals surface area contributed by atoms with Gasteiger partial charge in [-0.05, 0) is 0 Å².